The lowest BCUT2D eigenvalue weighted by atomic mass is 10.0. The Morgan fingerprint density at radius 3 is 1.81 bits per heavy atom. The minimum absolute atomic E-state index is 0.0793. The zero-order valence-electron chi connectivity index (χ0n) is 24.5. The lowest BCUT2D eigenvalue weighted by Crippen LogP contribution is -2.37. The van der Waals surface area contributed by atoms with E-state index in [0.717, 1.165) is 12.8 Å². The van der Waals surface area contributed by atoms with Gasteiger partial charge in [0.15, 0.2) is 0 Å². The summed E-state index contributed by atoms with van der Waals surface area (Å²) in [6, 6.07) is 0. The number of likely N-dealkylation sites (N-methyl/N-ethyl adjacent to an activating group) is 1. The second kappa shape index (κ2) is 23.2. The van der Waals surface area contributed by atoms with Crippen molar-refractivity contribution in [1.29, 1.82) is 0 Å². The number of carbonyl (C=O) groups is 1. The van der Waals surface area contributed by atoms with Gasteiger partial charge in [-0.05, 0) is 13.3 Å². The molecular weight excluding hydrogens is 493 g/mol. The third-order valence-electron chi connectivity index (χ3n) is 5.97. The first-order valence-electron chi connectivity index (χ1n) is 14.4. The molecule has 9 heteroatoms. The van der Waals surface area contributed by atoms with Gasteiger partial charge >= 0.3 is 13.8 Å². The summed E-state index contributed by atoms with van der Waals surface area (Å²) in [5, 5.41) is 0. The van der Waals surface area contributed by atoms with Crippen LogP contribution < -0.4 is 0 Å². The van der Waals surface area contributed by atoms with E-state index in [1.54, 1.807) is 13.0 Å². The molecule has 8 nitrogen and oxygen atoms in total. The van der Waals surface area contributed by atoms with Crippen LogP contribution in [0.5, 0.6) is 0 Å². The lowest BCUT2D eigenvalue weighted by molar-refractivity contribution is -0.870. The maximum Gasteiger partial charge on any atom is 0.472 e. The summed E-state index contributed by atoms with van der Waals surface area (Å²) < 4.78 is 33.8. The van der Waals surface area contributed by atoms with Crippen LogP contribution in [-0.4, -0.2) is 75.6 Å². The van der Waals surface area contributed by atoms with Gasteiger partial charge < -0.3 is 18.9 Å². The Labute approximate surface area is 227 Å². The molecule has 0 spiro atoms. The molecule has 0 rings (SSSR count). The van der Waals surface area contributed by atoms with Crippen molar-refractivity contribution in [3.8, 4) is 0 Å². The fourth-order valence-electron chi connectivity index (χ4n) is 3.71. The molecule has 0 aliphatic rings. The second-order valence-electron chi connectivity index (χ2n) is 10.8. The number of unbranched alkanes of at least 4 members (excludes halogenated alkanes) is 13. The van der Waals surface area contributed by atoms with E-state index in [1.807, 2.05) is 21.1 Å². The maximum absolute atomic E-state index is 12.1. The number of rotatable bonds is 26. The molecule has 0 aromatic rings. The molecular formula is C28H57NO7P+. The quantitative estimate of drug-likeness (QED) is 0.0416. The summed E-state index contributed by atoms with van der Waals surface area (Å²) in [6.07, 6.45) is 20.2. The Balaban J connectivity index is 3.98. The van der Waals surface area contributed by atoms with Crippen molar-refractivity contribution in [2.45, 2.75) is 110 Å². The highest BCUT2D eigenvalue weighted by atomic mass is 31.2. The standard InChI is InChI=1S/C28H56NO7P/c1-6-8-9-10-11-12-13-14-15-16-17-18-19-20-23-33-25-27(36-28(30)21-7-2)26-35-37(31,32)34-24-22-29(3,4)5/h7,21,27H,6,8-20,22-26H2,1-5H3/p+1/b21-7+/t27-/m0/s1. The number of hydrogen-bond donors (Lipinski definition) is 1. The van der Waals surface area contributed by atoms with Gasteiger partial charge in [0.2, 0.25) is 0 Å². The highest BCUT2D eigenvalue weighted by molar-refractivity contribution is 7.47. The summed E-state index contributed by atoms with van der Waals surface area (Å²) in [4.78, 5) is 21.8. The zero-order chi connectivity index (χ0) is 27.8. The normalized spacial score (nSPS) is 14.6. The van der Waals surface area contributed by atoms with E-state index < -0.39 is 19.9 Å². The van der Waals surface area contributed by atoms with Gasteiger partial charge in [0.1, 0.15) is 19.3 Å². The molecule has 0 aromatic carbocycles. The van der Waals surface area contributed by atoms with Crippen molar-refractivity contribution in [2.24, 2.45) is 0 Å². The third-order valence-corrected chi connectivity index (χ3v) is 6.96. The molecule has 0 aliphatic heterocycles. The summed E-state index contributed by atoms with van der Waals surface area (Å²) in [6.45, 7) is 4.97. The van der Waals surface area contributed by atoms with Crippen LogP contribution in [0.4, 0.5) is 0 Å². The molecule has 0 saturated carbocycles. The van der Waals surface area contributed by atoms with Crippen LogP contribution in [0, 0.1) is 0 Å². The SMILES string of the molecule is C/C=C/C(=O)O[C@@H](COCCCCCCCCCCCCCCCC)COP(=O)(O)OCC[N+](C)(C)C. The first kappa shape index (κ1) is 36.2. The predicted molar refractivity (Wildman–Crippen MR) is 150 cm³/mol. The van der Waals surface area contributed by atoms with E-state index in [-0.39, 0.29) is 19.8 Å². The summed E-state index contributed by atoms with van der Waals surface area (Å²) >= 11 is 0. The summed E-state index contributed by atoms with van der Waals surface area (Å²) in [5.74, 6) is -0.546. The first-order chi connectivity index (χ1) is 17.6. The molecule has 0 saturated heterocycles. The third kappa shape index (κ3) is 26.6. The highest BCUT2D eigenvalue weighted by Crippen LogP contribution is 2.43. The number of phosphoric ester groups is 1. The Hall–Kier alpha value is -0.760. The van der Waals surface area contributed by atoms with E-state index in [9.17, 15) is 14.3 Å². The van der Waals surface area contributed by atoms with Crippen LogP contribution in [0.3, 0.4) is 0 Å². The van der Waals surface area contributed by atoms with Gasteiger partial charge in [0.05, 0.1) is 34.4 Å². The topological polar surface area (TPSA) is 91.3 Å². The molecule has 0 aliphatic carbocycles. The number of hydrogen-bond acceptors (Lipinski definition) is 6. The largest absolute Gasteiger partial charge is 0.472 e. The minimum Gasteiger partial charge on any atom is -0.454 e. The smallest absolute Gasteiger partial charge is 0.454 e. The average molecular weight is 551 g/mol. The molecule has 0 radical (unpaired) electrons. The molecule has 0 heterocycles. The van der Waals surface area contributed by atoms with Crippen molar-refractivity contribution in [3.63, 3.8) is 0 Å². The number of carbonyl (C=O) groups excluding carboxylic acids is 1. The van der Waals surface area contributed by atoms with Crippen LogP contribution in [0.2, 0.25) is 0 Å². The summed E-state index contributed by atoms with van der Waals surface area (Å²) in [7, 11) is 1.63. The van der Waals surface area contributed by atoms with E-state index in [2.05, 4.69) is 6.92 Å². The summed E-state index contributed by atoms with van der Waals surface area (Å²) in [5.41, 5.74) is 0. The fourth-order valence-corrected chi connectivity index (χ4v) is 4.46. The average Bonchev–Trinajstić information content (AvgIpc) is 2.81. The molecule has 0 bridgehead atoms. The van der Waals surface area contributed by atoms with E-state index in [0.29, 0.717) is 17.6 Å². The van der Waals surface area contributed by atoms with Crippen molar-refractivity contribution < 1.29 is 37.3 Å². The van der Waals surface area contributed by atoms with Crippen LogP contribution in [0.1, 0.15) is 104 Å². The van der Waals surface area contributed by atoms with Crippen LogP contribution in [0.15, 0.2) is 12.2 Å². The molecule has 2 atom stereocenters. The van der Waals surface area contributed by atoms with Gasteiger partial charge in [-0.3, -0.25) is 9.05 Å². The van der Waals surface area contributed by atoms with Gasteiger partial charge in [-0.1, -0.05) is 96.5 Å². The Morgan fingerprint density at radius 2 is 1.32 bits per heavy atom. The molecule has 0 amide bonds. The highest BCUT2D eigenvalue weighted by Gasteiger charge is 2.26. The van der Waals surface area contributed by atoms with Gasteiger partial charge in [0, 0.05) is 12.7 Å². The molecule has 37 heavy (non-hydrogen) atoms. The number of allylic oxidation sites excluding steroid dienone is 1. The predicted octanol–water partition coefficient (Wildman–Crippen LogP) is 6.81. The first-order valence-corrected chi connectivity index (χ1v) is 15.9. The number of quaternary nitrogens is 1. The van der Waals surface area contributed by atoms with E-state index >= 15 is 0 Å². The van der Waals surface area contributed by atoms with Gasteiger partial charge in [-0.2, -0.15) is 0 Å². The van der Waals surface area contributed by atoms with Crippen molar-refractivity contribution >= 4 is 13.8 Å². The number of nitrogens with zero attached hydrogens (tertiary/aromatic N) is 1. The number of phosphoric acid groups is 1. The van der Waals surface area contributed by atoms with Gasteiger partial charge in [0.25, 0.3) is 0 Å². The molecule has 0 aromatic heterocycles. The van der Waals surface area contributed by atoms with Crippen molar-refractivity contribution in [2.75, 3.05) is 54.1 Å². The molecule has 0 fully saturated rings. The number of ether oxygens (including phenoxy) is 2. The number of esters is 1. The second-order valence-corrected chi connectivity index (χ2v) is 12.3. The Morgan fingerprint density at radius 1 is 0.811 bits per heavy atom. The molecule has 220 valence electrons. The molecule has 1 N–H and O–H groups in total. The zero-order valence-corrected chi connectivity index (χ0v) is 25.4. The monoisotopic (exact) mass is 550 g/mol. The van der Waals surface area contributed by atoms with Crippen molar-refractivity contribution in [1.82, 2.24) is 0 Å². The maximum atomic E-state index is 12.1. The fraction of sp³-hybridized carbons (Fsp3) is 0.893. The van der Waals surface area contributed by atoms with Crippen molar-refractivity contribution in [3.05, 3.63) is 12.2 Å². The van der Waals surface area contributed by atoms with Crippen LogP contribution >= 0.6 is 7.82 Å². The minimum atomic E-state index is -4.24. The van der Waals surface area contributed by atoms with E-state index in [4.69, 9.17) is 18.5 Å². The van der Waals surface area contributed by atoms with Crippen LogP contribution in [-0.2, 0) is 27.9 Å². The lowest BCUT2D eigenvalue weighted by Gasteiger charge is -2.24. The Bertz CT molecular complexity index is 622. The van der Waals surface area contributed by atoms with Gasteiger partial charge in [-0.15, -0.1) is 0 Å². The van der Waals surface area contributed by atoms with Crippen LogP contribution in [0.25, 0.3) is 0 Å². The van der Waals surface area contributed by atoms with E-state index in [1.165, 1.54) is 83.1 Å². The molecule has 1 unspecified atom stereocenters. The Kier molecular flexibility index (Phi) is 22.7. The van der Waals surface area contributed by atoms with Gasteiger partial charge in [-0.25, -0.2) is 9.36 Å².